The van der Waals surface area contributed by atoms with Crippen molar-refractivity contribution in [3.05, 3.63) is 35.6 Å². The van der Waals surface area contributed by atoms with Crippen molar-refractivity contribution in [3.8, 4) is 0 Å². The first-order valence-electron chi connectivity index (χ1n) is 9.45. The summed E-state index contributed by atoms with van der Waals surface area (Å²) in [6.07, 6.45) is 5.65. The number of amides is 2. The number of hydrogen-bond donors (Lipinski definition) is 0. The number of hydrogen-bond acceptors (Lipinski definition) is 2. The molecule has 0 N–H and O–H groups in total. The first-order valence-corrected chi connectivity index (χ1v) is 9.45. The van der Waals surface area contributed by atoms with Crippen molar-refractivity contribution < 1.29 is 14.0 Å². The lowest BCUT2D eigenvalue weighted by molar-refractivity contribution is -0.142. The van der Waals surface area contributed by atoms with Gasteiger partial charge in [0.25, 0.3) is 0 Å². The zero-order valence-electron chi connectivity index (χ0n) is 14.5. The molecule has 4 rings (SSSR count). The average molecular weight is 344 g/mol. The zero-order chi connectivity index (χ0) is 17.4. The van der Waals surface area contributed by atoms with Gasteiger partial charge in [-0.15, -0.1) is 0 Å². The topological polar surface area (TPSA) is 40.6 Å². The van der Waals surface area contributed by atoms with E-state index in [0.29, 0.717) is 25.7 Å². The Kier molecular flexibility index (Phi) is 4.48. The molecule has 1 heterocycles. The molecule has 1 aliphatic heterocycles. The molecule has 0 spiro atoms. The van der Waals surface area contributed by atoms with Crippen LogP contribution in [0.15, 0.2) is 24.3 Å². The molecule has 25 heavy (non-hydrogen) atoms. The molecule has 2 aliphatic carbocycles. The Hall–Kier alpha value is -1.91. The Labute approximate surface area is 148 Å². The fourth-order valence-electron chi connectivity index (χ4n) is 3.78. The molecule has 3 aliphatic rings. The average Bonchev–Trinajstić information content (AvgIpc) is 3.51. The second kappa shape index (κ2) is 6.77. The lowest BCUT2D eigenvalue weighted by Crippen LogP contribution is -2.45. The fourth-order valence-corrected chi connectivity index (χ4v) is 3.78. The Balaban J connectivity index is 1.37. The van der Waals surface area contributed by atoms with Gasteiger partial charge in [-0.3, -0.25) is 9.59 Å². The van der Waals surface area contributed by atoms with E-state index in [1.165, 1.54) is 12.1 Å². The molecule has 0 bridgehead atoms. The van der Waals surface area contributed by atoms with Gasteiger partial charge in [0.1, 0.15) is 5.82 Å². The minimum Gasteiger partial charge on any atom is -0.342 e. The number of piperidine rings is 1. The van der Waals surface area contributed by atoms with Crippen molar-refractivity contribution >= 4 is 11.8 Å². The smallest absolute Gasteiger partial charge is 0.226 e. The molecule has 2 saturated carbocycles. The van der Waals surface area contributed by atoms with E-state index in [4.69, 9.17) is 0 Å². The summed E-state index contributed by atoms with van der Waals surface area (Å²) in [7, 11) is 0. The predicted molar refractivity (Wildman–Crippen MR) is 92.0 cm³/mol. The van der Waals surface area contributed by atoms with Crippen LogP contribution in [-0.2, 0) is 16.1 Å². The minimum atomic E-state index is -0.257. The highest BCUT2D eigenvalue weighted by Crippen LogP contribution is 2.34. The van der Waals surface area contributed by atoms with Gasteiger partial charge in [0, 0.05) is 37.5 Å². The number of nitrogens with zero attached hydrogens (tertiary/aromatic N) is 2. The molecular formula is C20H25FN2O2. The molecule has 5 heteroatoms. The van der Waals surface area contributed by atoms with Gasteiger partial charge in [-0.1, -0.05) is 12.1 Å². The third-order valence-electron chi connectivity index (χ3n) is 5.60. The lowest BCUT2D eigenvalue weighted by atomic mass is 9.94. The number of rotatable bonds is 5. The van der Waals surface area contributed by atoms with Gasteiger partial charge >= 0.3 is 0 Å². The molecular weight excluding hydrogens is 319 g/mol. The summed E-state index contributed by atoms with van der Waals surface area (Å²) >= 11 is 0. The Morgan fingerprint density at radius 2 is 1.76 bits per heavy atom. The summed E-state index contributed by atoms with van der Waals surface area (Å²) in [5, 5.41) is 0. The van der Waals surface area contributed by atoms with Crippen LogP contribution in [-0.4, -0.2) is 40.7 Å². The third-order valence-corrected chi connectivity index (χ3v) is 5.60. The highest BCUT2D eigenvalue weighted by molar-refractivity contribution is 5.82. The predicted octanol–water partition coefficient (Wildman–Crippen LogP) is 2.97. The van der Waals surface area contributed by atoms with E-state index in [0.717, 1.165) is 44.1 Å². The number of halogens is 1. The Bertz CT molecular complexity index is 661. The maximum atomic E-state index is 13.4. The molecule has 0 atom stereocenters. The largest absolute Gasteiger partial charge is 0.342 e. The molecule has 3 fully saturated rings. The van der Waals surface area contributed by atoms with Gasteiger partial charge in [0.05, 0.1) is 0 Å². The van der Waals surface area contributed by atoms with Crippen molar-refractivity contribution in [1.29, 1.82) is 0 Å². The molecule has 4 nitrogen and oxygen atoms in total. The van der Waals surface area contributed by atoms with Crippen molar-refractivity contribution in [2.45, 2.75) is 51.1 Å². The third kappa shape index (κ3) is 3.86. The van der Waals surface area contributed by atoms with Crippen LogP contribution >= 0.6 is 0 Å². The van der Waals surface area contributed by atoms with Crippen molar-refractivity contribution in [2.24, 2.45) is 11.8 Å². The fraction of sp³-hybridized carbons (Fsp3) is 0.600. The van der Waals surface area contributed by atoms with Crippen LogP contribution in [0.4, 0.5) is 4.39 Å². The van der Waals surface area contributed by atoms with E-state index in [1.807, 2.05) is 15.9 Å². The highest BCUT2D eigenvalue weighted by Gasteiger charge is 2.39. The maximum absolute atomic E-state index is 13.4. The van der Waals surface area contributed by atoms with Crippen molar-refractivity contribution in [1.82, 2.24) is 9.80 Å². The van der Waals surface area contributed by atoms with Crippen LogP contribution in [0.1, 0.15) is 44.1 Å². The van der Waals surface area contributed by atoms with Crippen LogP contribution in [0.5, 0.6) is 0 Å². The number of carbonyl (C=O) groups excluding carboxylic acids is 2. The number of likely N-dealkylation sites (tertiary alicyclic amines) is 1. The summed E-state index contributed by atoms with van der Waals surface area (Å²) in [6.45, 7) is 1.89. The number of carbonyl (C=O) groups is 2. The molecule has 2 amide bonds. The molecule has 1 aromatic rings. The van der Waals surface area contributed by atoms with E-state index in [1.54, 1.807) is 6.07 Å². The molecule has 1 saturated heterocycles. The van der Waals surface area contributed by atoms with Crippen molar-refractivity contribution in [3.63, 3.8) is 0 Å². The van der Waals surface area contributed by atoms with Gasteiger partial charge < -0.3 is 9.80 Å². The Morgan fingerprint density at radius 3 is 2.36 bits per heavy atom. The van der Waals surface area contributed by atoms with Crippen LogP contribution in [0, 0.1) is 17.7 Å². The summed E-state index contributed by atoms with van der Waals surface area (Å²) < 4.78 is 13.4. The number of benzene rings is 1. The monoisotopic (exact) mass is 344 g/mol. The van der Waals surface area contributed by atoms with E-state index >= 15 is 0 Å². The normalized spacial score (nSPS) is 21.2. The van der Waals surface area contributed by atoms with Crippen LogP contribution < -0.4 is 0 Å². The molecule has 0 aromatic heterocycles. The summed E-state index contributed by atoms with van der Waals surface area (Å²) in [5.41, 5.74) is 0.849. The van der Waals surface area contributed by atoms with Gasteiger partial charge in [0.2, 0.25) is 11.8 Å². The van der Waals surface area contributed by atoms with E-state index in [2.05, 4.69) is 0 Å². The first kappa shape index (κ1) is 16.6. The van der Waals surface area contributed by atoms with Gasteiger partial charge in [-0.25, -0.2) is 4.39 Å². The second-order valence-electron chi connectivity index (χ2n) is 7.70. The van der Waals surface area contributed by atoms with Crippen LogP contribution in [0.3, 0.4) is 0 Å². The van der Waals surface area contributed by atoms with E-state index in [-0.39, 0.29) is 29.5 Å². The quantitative estimate of drug-likeness (QED) is 0.824. The van der Waals surface area contributed by atoms with Crippen LogP contribution in [0.25, 0.3) is 0 Å². The van der Waals surface area contributed by atoms with E-state index < -0.39 is 0 Å². The van der Waals surface area contributed by atoms with Crippen molar-refractivity contribution in [2.75, 3.05) is 13.1 Å². The van der Waals surface area contributed by atoms with Crippen LogP contribution in [0.2, 0.25) is 0 Å². The summed E-state index contributed by atoms with van der Waals surface area (Å²) in [5.74, 6) is 0.461. The lowest BCUT2D eigenvalue weighted by Gasteiger charge is -2.34. The zero-order valence-corrected chi connectivity index (χ0v) is 14.5. The van der Waals surface area contributed by atoms with Gasteiger partial charge in [-0.05, 0) is 56.2 Å². The Morgan fingerprint density at radius 1 is 1.04 bits per heavy atom. The van der Waals surface area contributed by atoms with Gasteiger partial charge in [-0.2, -0.15) is 0 Å². The molecule has 1 aromatic carbocycles. The highest BCUT2D eigenvalue weighted by atomic mass is 19.1. The molecule has 134 valence electrons. The van der Waals surface area contributed by atoms with Gasteiger partial charge in [0.15, 0.2) is 0 Å². The molecule has 0 radical (unpaired) electrons. The maximum Gasteiger partial charge on any atom is 0.226 e. The SMILES string of the molecule is O=C(C1CC1)N1CCC(C(=O)N(Cc2cccc(F)c2)C2CC2)CC1. The molecule has 0 unspecified atom stereocenters. The second-order valence-corrected chi connectivity index (χ2v) is 7.70. The first-order chi connectivity index (χ1) is 12.1. The van der Waals surface area contributed by atoms with E-state index in [9.17, 15) is 14.0 Å². The standard InChI is InChI=1S/C20H25FN2O2/c21-17-3-1-2-14(12-17)13-23(18-6-7-18)20(25)16-8-10-22(11-9-16)19(24)15-4-5-15/h1-3,12,15-16,18H,4-11,13H2. The minimum absolute atomic E-state index is 0.00240. The summed E-state index contributed by atoms with van der Waals surface area (Å²) in [4.78, 5) is 29.1. The summed E-state index contributed by atoms with van der Waals surface area (Å²) in [6, 6.07) is 6.82.